The van der Waals surface area contributed by atoms with E-state index in [0.717, 1.165) is 32.8 Å². The molecule has 1 aromatic carbocycles. The average molecular weight is 276 g/mol. The predicted octanol–water partition coefficient (Wildman–Crippen LogP) is 2.80. The third kappa shape index (κ3) is 5.61. The summed E-state index contributed by atoms with van der Waals surface area (Å²) in [7, 11) is 0. The molecule has 2 rings (SSSR count). The first-order valence-electron chi connectivity index (χ1n) is 7.97. The number of hydrogen-bond donors (Lipinski definition) is 1. The molecular formula is C17H28N2O. The number of hydrogen-bond acceptors (Lipinski definition) is 3. The second-order valence-electron chi connectivity index (χ2n) is 5.55. The van der Waals surface area contributed by atoms with E-state index in [1.807, 2.05) is 0 Å². The Hall–Kier alpha value is -0.900. The topological polar surface area (TPSA) is 24.5 Å². The van der Waals surface area contributed by atoms with E-state index >= 15 is 0 Å². The van der Waals surface area contributed by atoms with Crippen molar-refractivity contribution >= 4 is 0 Å². The Morgan fingerprint density at radius 2 is 1.75 bits per heavy atom. The van der Waals surface area contributed by atoms with Gasteiger partial charge in [-0.3, -0.25) is 0 Å². The zero-order valence-electron chi connectivity index (χ0n) is 12.7. The highest BCUT2D eigenvalue weighted by molar-refractivity contribution is 5.21. The largest absolute Gasteiger partial charge is 0.375 e. The molecule has 0 saturated carbocycles. The molecule has 1 aliphatic rings. The van der Waals surface area contributed by atoms with Crippen molar-refractivity contribution in [3.05, 3.63) is 35.4 Å². The summed E-state index contributed by atoms with van der Waals surface area (Å²) >= 11 is 0. The van der Waals surface area contributed by atoms with Crippen LogP contribution in [0.2, 0.25) is 0 Å². The van der Waals surface area contributed by atoms with Crippen LogP contribution in [0, 0.1) is 0 Å². The monoisotopic (exact) mass is 276 g/mol. The molecular weight excluding hydrogens is 248 g/mol. The second-order valence-corrected chi connectivity index (χ2v) is 5.55. The van der Waals surface area contributed by atoms with Crippen molar-refractivity contribution in [1.82, 2.24) is 10.2 Å². The summed E-state index contributed by atoms with van der Waals surface area (Å²) in [5.41, 5.74) is 2.60. The second kappa shape index (κ2) is 9.11. The molecule has 3 nitrogen and oxygen atoms in total. The van der Waals surface area contributed by atoms with Crippen LogP contribution < -0.4 is 5.32 Å². The molecule has 1 saturated heterocycles. The van der Waals surface area contributed by atoms with Crippen LogP contribution >= 0.6 is 0 Å². The smallest absolute Gasteiger partial charge is 0.0717 e. The minimum Gasteiger partial charge on any atom is -0.375 e. The van der Waals surface area contributed by atoms with Crippen LogP contribution in [0.3, 0.4) is 0 Å². The van der Waals surface area contributed by atoms with E-state index in [4.69, 9.17) is 4.74 Å². The summed E-state index contributed by atoms with van der Waals surface area (Å²) in [6.45, 7) is 9.26. The molecule has 1 N–H and O–H groups in total. The molecule has 112 valence electrons. The fourth-order valence-corrected chi connectivity index (χ4v) is 2.59. The Morgan fingerprint density at radius 3 is 2.45 bits per heavy atom. The number of nitrogens with zero attached hydrogens (tertiary/aromatic N) is 1. The Balaban J connectivity index is 1.61. The van der Waals surface area contributed by atoms with Gasteiger partial charge in [0.15, 0.2) is 0 Å². The Kier molecular flexibility index (Phi) is 7.06. The number of likely N-dealkylation sites (tertiary alicyclic amines) is 1. The highest BCUT2D eigenvalue weighted by Crippen LogP contribution is 2.09. The summed E-state index contributed by atoms with van der Waals surface area (Å²) in [6, 6.07) is 8.72. The lowest BCUT2D eigenvalue weighted by Gasteiger charge is -2.26. The van der Waals surface area contributed by atoms with Gasteiger partial charge in [-0.05, 0) is 43.6 Å². The normalized spacial score (nSPS) is 16.4. The lowest BCUT2D eigenvalue weighted by molar-refractivity contribution is 0.0863. The van der Waals surface area contributed by atoms with Crippen molar-refractivity contribution in [3.8, 4) is 0 Å². The minimum absolute atomic E-state index is 0.731. The maximum absolute atomic E-state index is 5.79. The molecule has 0 aliphatic carbocycles. The molecule has 1 heterocycles. The van der Waals surface area contributed by atoms with Crippen LogP contribution in [0.15, 0.2) is 24.3 Å². The van der Waals surface area contributed by atoms with Gasteiger partial charge in [-0.25, -0.2) is 0 Å². The van der Waals surface area contributed by atoms with Gasteiger partial charge >= 0.3 is 0 Å². The lowest BCUT2D eigenvalue weighted by Crippen LogP contribution is -2.32. The number of benzene rings is 1. The number of ether oxygens (including phenoxy) is 1. The summed E-state index contributed by atoms with van der Waals surface area (Å²) in [4.78, 5) is 2.52. The maximum atomic E-state index is 5.79. The zero-order valence-corrected chi connectivity index (χ0v) is 12.7. The van der Waals surface area contributed by atoms with E-state index in [9.17, 15) is 0 Å². The van der Waals surface area contributed by atoms with E-state index in [1.54, 1.807) is 0 Å². The number of piperidine rings is 1. The Labute approximate surface area is 123 Å². The summed E-state index contributed by atoms with van der Waals surface area (Å²) in [6.07, 6.45) is 4.11. The molecule has 1 aliphatic heterocycles. The van der Waals surface area contributed by atoms with E-state index < -0.39 is 0 Å². The fourth-order valence-electron chi connectivity index (χ4n) is 2.59. The quantitative estimate of drug-likeness (QED) is 0.739. The standard InChI is InChI=1S/C17H28N2O/c1-2-18-14-16-6-8-17(9-7-16)15-20-13-12-19-10-4-3-5-11-19/h6-9,18H,2-5,10-15H2,1H3. The van der Waals surface area contributed by atoms with Crippen molar-refractivity contribution in [2.75, 3.05) is 32.8 Å². The third-order valence-corrected chi connectivity index (χ3v) is 3.87. The summed E-state index contributed by atoms with van der Waals surface area (Å²) in [5.74, 6) is 0. The molecule has 0 amide bonds. The van der Waals surface area contributed by atoms with Gasteiger partial charge in [-0.1, -0.05) is 37.6 Å². The van der Waals surface area contributed by atoms with Crippen molar-refractivity contribution in [3.63, 3.8) is 0 Å². The first kappa shape index (κ1) is 15.5. The van der Waals surface area contributed by atoms with Gasteiger partial charge in [0.05, 0.1) is 13.2 Å². The third-order valence-electron chi connectivity index (χ3n) is 3.87. The fraction of sp³-hybridized carbons (Fsp3) is 0.647. The zero-order chi connectivity index (χ0) is 14.0. The van der Waals surface area contributed by atoms with Crippen LogP contribution in [0.5, 0.6) is 0 Å². The minimum atomic E-state index is 0.731. The van der Waals surface area contributed by atoms with Crippen molar-refractivity contribution in [2.24, 2.45) is 0 Å². The van der Waals surface area contributed by atoms with Gasteiger partial charge in [0.25, 0.3) is 0 Å². The first-order chi connectivity index (χ1) is 9.88. The SMILES string of the molecule is CCNCc1ccc(COCCN2CCCCC2)cc1. The van der Waals surface area contributed by atoms with Crippen molar-refractivity contribution in [1.29, 1.82) is 0 Å². The molecule has 0 radical (unpaired) electrons. The van der Waals surface area contributed by atoms with Gasteiger partial charge in [0.1, 0.15) is 0 Å². The molecule has 0 unspecified atom stereocenters. The molecule has 1 fully saturated rings. The van der Waals surface area contributed by atoms with Gasteiger partial charge in [-0.2, -0.15) is 0 Å². The first-order valence-corrected chi connectivity index (χ1v) is 7.97. The van der Waals surface area contributed by atoms with E-state index in [-0.39, 0.29) is 0 Å². The molecule has 1 aromatic rings. The molecule has 0 bridgehead atoms. The van der Waals surface area contributed by atoms with Gasteiger partial charge in [0.2, 0.25) is 0 Å². The van der Waals surface area contributed by atoms with Crippen LogP contribution in [0.25, 0.3) is 0 Å². The van der Waals surface area contributed by atoms with Gasteiger partial charge < -0.3 is 15.0 Å². The van der Waals surface area contributed by atoms with E-state index in [2.05, 4.69) is 41.4 Å². The van der Waals surface area contributed by atoms with Gasteiger partial charge in [-0.15, -0.1) is 0 Å². The molecule has 0 aromatic heterocycles. The lowest BCUT2D eigenvalue weighted by atomic mass is 10.1. The highest BCUT2D eigenvalue weighted by Gasteiger charge is 2.08. The van der Waals surface area contributed by atoms with Crippen LogP contribution in [-0.2, 0) is 17.9 Å². The molecule has 0 spiro atoms. The number of nitrogens with one attached hydrogen (secondary N) is 1. The van der Waals surface area contributed by atoms with E-state index in [1.165, 1.54) is 43.5 Å². The molecule has 3 heteroatoms. The average Bonchev–Trinajstić information content (AvgIpc) is 2.52. The number of rotatable bonds is 8. The van der Waals surface area contributed by atoms with Crippen LogP contribution in [0.4, 0.5) is 0 Å². The van der Waals surface area contributed by atoms with Crippen LogP contribution in [0.1, 0.15) is 37.3 Å². The molecule has 0 atom stereocenters. The summed E-state index contributed by atoms with van der Waals surface area (Å²) < 4.78 is 5.79. The summed E-state index contributed by atoms with van der Waals surface area (Å²) in [5, 5.41) is 3.34. The molecule has 20 heavy (non-hydrogen) atoms. The maximum Gasteiger partial charge on any atom is 0.0717 e. The van der Waals surface area contributed by atoms with Crippen molar-refractivity contribution < 1.29 is 4.74 Å². The Bertz CT molecular complexity index is 358. The predicted molar refractivity (Wildman–Crippen MR) is 83.8 cm³/mol. The highest BCUT2D eigenvalue weighted by atomic mass is 16.5. The van der Waals surface area contributed by atoms with Gasteiger partial charge in [0, 0.05) is 13.1 Å². The van der Waals surface area contributed by atoms with Crippen LogP contribution in [-0.4, -0.2) is 37.7 Å². The van der Waals surface area contributed by atoms with E-state index in [0.29, 0.717) is 0 Å². The Morgan fingerprint density at radius 1 is 1.05 bits per heavy atom. The van der Waals surface area contributed by atoms with Crippen molar-refractivity contribution in [2.45, 2.75) is 39.3 Å².